The number of methoxy groups -OCH3 is 1. The van der Waals surface area contributed by atoms with Crippen LogP contribution in [-0.2, 0) is 11.2 Å². The lowest BCUT2D eigenvalue weighted by Gasteiger charge is -2.33. The number of hydrogen-bond acceptors (Lipinski definition) is 7. The molecule has 0 atom stereocenters. The van der Waals surface area contributed by atoms with Crippen LogP contribution in [0.5, 0.6) is 5.75 Å². The summed E-state index contributed by atoms with van der Waals surface area (Å²) in [5, 5.41) is 22.2. The number of nitro groups is 1. The zero-order valence-electron chi connectivity index (χ0n) is 14.8. The number of rotatable bonds is 7. The second kappa shape index (κ2) is 8.48. The van der Waals surface area contributed by atoms with Crippen molar-refractivity contribution in [3.63, 3.8) is 0 Å². The Bertz CT molecular complexity index is 682. The highest BCUT2D eigenvalue weighted by atomic mass is 16.6. The SMILES string of the molecule is CCc1c(OC)c([N+](=O)[O-])cc(/C(C=N)=C/NC)c1N1CCOCC1. The standard InChI is InChI=1S/C17H24N4O4/c1-4-13-16(20-5-7-25-8-6-20)14(12(10-18)11-19-2)9-15(21(22)23)17(13)24-3/h9-11,18-19H,4-8H2,1-3H3/b12-11+,18-10?. The minimum atomic E-state index is -0.439. The molecule has 0 unspecified atom stereocenters. The summed E-state index contributed by atoms with van der Waals surface area (Å²) in [7, 11) is 3.18. The van der Waals surface area contributed by atoms with Crippen molar-refractivity contribution in [3.05, 3.63) is 33.5 Å². The molecule has 25 heavy (non-hydrogen) atoms. The number of nitrogens with zero attached hydrogens (tertiary/aromatic N) is 2. The topological polar surface area (TPSA) is 101 Å². The number of anilines is 1. The molecule has 0 aromatic heterocycles. The van der Waals surface area contributed by atoms with E-state index in [1.165, 1.54) is 19.4 Å². The molecule has 0 aliphatic carbocycles. The number of morpholine rings is 1. The van der Waals surface area contributed by atoms with Crippen molar-refractivity contribution in [3.8, 4) is 5.75 Å². The van der Waals surface area contributed by atoms with Gasteiger partial charge in [-0.05, 0) is 6.42 Å². The zero-order chi connectivity index (χ0) is 18.4. The monoisotopic (exact) mass is 348 g/mol. The van der Waals surface area contributed by atoms with Crippen molar-refractivity contribution >= 4 is 23.2 Å². The fourth-order valence-corrected chi connectivity index (χ4v) is 3.11. The van der Waals surface area contributed by atoms with Crippen LogP contribution in [0.1, 0.15) is 18.1 Å². The van der Waals surface area contributed by atoms with E-state index >= 15 is 0 Å². The Morgan fingerprint density at radius 1 is 1.52 bits per heavy atom. The lowest BCUT2D eigenvalue weighted by atomic mass is 9.96. The lowest BCUT2D eigenvalue weighted by Crippen LogP contribution is -2.37. The summed E-state index contributed by atoms with van der Waals surface area (Å²) < 4.78 is 10.8. The highest BCUT2D eigenvalue weighted by Gasteiger charge is 2.29. The predicted molar refractivity (Wildman–Crippen MR) is 97.9 cm³/mol. The molecule has 0 saturated carbocycles. The lowest BCUT2D eigenvalue weighted by molar-refractivity contribution is -0.385. The van der Waals surface area contributed by atoms with Crippen LogP contribution in [0.3, 0.4) is 0 Å². The summed E-state index contributed by atoms with van der Waals surface area (Å²) in [4.78, 5) is 13.3. The van der Waals surface area contributed by atoms with Gasteiger partial charge in [0, 0.05) is 55.3 Å². The van der Waals surface area contributed by atoms with Gasteiger partial charge in [-0.1, -0.05) is 6.92 Å². The van der Waals surface area contributed by atoms with Crippen LogP contribution >= 0.6 is 0 Å². The van der Waals surface area contributed by atoms with Gasteiger partial charge in [0.15, 0.2) is 0 Å². The van der Waals surface area contributed by atoms with E-state index in [4.69, 9.17) is 14.9 Å². The number of nitro benzene ring substituents is 1. The van der Waals surface area contributed by atoms with Crippen molar-refractivity contribution in [2.45, 2.75) is 13.3 Å². The molecule has 2 N–H and O–H groups in total. The number of hydrogen-bond donors (Lipinski definition) is 2. The van der Waals surface area contributed by atoms with Gasteiger partial charge in [0.05, 0.1) is 30.9 Å². The van der Waals surface area contributed by atoms with Crippen LogP contribution in [0.2, 0.25) is 0 Å². The Morgan fingerprint density at radius 2 is 2.20 bits per heavy atom. The van der Waals surface area contributed by atoms with Crippen molar-refractivity contribution < 1.29 is 14.4 Å². The van der Waals surface area contributed by atoms with E-state index in [-0.39, 0.29) is 11.4 Å². The smallest absolute Gasteiger partial charge is 0.311 e. The minimum Gasteiger partial charge on any atom is -0.490 e. The summed E-state index contributed by atoms with van der Waals surface area (Å²) in [5.74, 6) is 0.284. The average molecular weight is 348 g/mol. The van der Waals surface area contributed by atoms with Gasteiger partial charge in [0.2, 0.25) is 5.75 Å². The molecule has 136 valence electrons. The van der Waals surface area contributed by atoms with E-state index in [9.17, 15) is 10.1 Å². The number of allylic oxidation sites excluding steroid dienone is 1. The maximum absolute atomic E-state index is 11.6. The third-order valence-electron chi connectivity index (χ3n) is 4.18. The maximum atomic E-state index is 11.6. The molecule has 1 aliphatic rings. The van der Waals surface area contributed by atoms with Gasteiger partial charge in [0.1, 0.15) is 0 Å². The second-order valence-corrected chi connectivity index (χ2v) is 5.55. The number of ether oxygens (including phenoxy) is 2. The van der Waals surface area contributed by atoms with E-state index in [2.05, 4.69) is 10.2 Å². The second-order valence-electron chi connectivity index (χ2n) is 5.55. The van der Waals surface area contributed by atoms with Crippen LogP contribution in [0.4, 0.5) is 11.4 Å². The minimum absolute atomic E-state index is 0.0878. The first-order valence-electron chi connectivity index (χ1n) is 8.18. The molecule has 8 nitrogen and oxygen atoms in total. The van der Waals surface area contributed by atoms with Gasteiger partial charge < -0.3 is 25.1 Å². The predicted octanol–water partition coefficient (Wildman–Crippen LogP) is 2.21. The molecule has 1 saturated heterocycles. The molecule has 0 amide bonds. The van der Waals surface area contributed by atoms with Gasteiger partial charge >= 0.3 is 5.69 Å². The molecular formula is C17H24N4O4. The molecule has 0 spiro atoms. The maximum Gasteiger partial charge on any atom is 0.311 e. The normalized spacial score (nSPS) is 15.0. The molecule has 2 rings (SSSR count). The largest absolute Gasteiger partial charge is 0.490 e. The van der Waals surface area contributed by atoms with Gasteiger partial charge in [-0.15, -0.1) is 0 Å². The van der Waals surface area contributed by atoms with Gasteiger partial charge in [-0.25, -0.2) is 0 Å². The van der Waals surface area contributed by atoms with Crippen molar-refractivity contribution in [2.24, 2.45) is 0 Å². The Hall–Kier alpha value is -2.61. The summed E-state index contributed by atoms with van der Waals surface area (Å²) in [5.41, 5.74) is 2.78. The Balaban J connectivity index is 2.81. The Kier molecular flexibility index (Phi) is 6.35. The molecule has 8 heteroatoms. The van der Waals surface area contributed by atoms with Crippen LogP contribution in [0.15, 0.2) is 12.3 Å². The number of benzene rings is 1. The van der Waals surface area contributed by atoms with E-state index in [0.717, 1.165) is 11.3 Å². The molecule has 1 aliphatic heterocycles. The molecule has 1 aromatic rings. The van der Waals surface area contributed by atoms with Crippen molar-refractivity contribution in [1.82, 2.24) is 5.32 Å². The molecular weight excluding hydrogens is 324 g/mol. The number of nitrogens with one attached hydrogen (secondary N) is 2. The summed E-state index contributed by atoms with van der Waals surface area (Å²) >= 11 is 0. The van der Waals surface area contributed by atoms with Crippen LogP contribution in [-0.4, -0.2) is 51.6 Å². The molecule has 1 fully saturated rings. The van der Waals surface area contributed by atoms with Crippen LogP contribution in [0.25, 0.3) is 5.57 Å². The molecule has 0 bridgehead atoms. The first-order chi connectivity index (χ1) is 12.1. The Morgan fingerprint density at radius 3 is 2.68 bits per heavy atom. The Labute approximate surface area is 147 Å². The quantitative estimate of drug-likeness (QED) is 0.445. The van der Waals surface area contributed by atoms with Crippen LogP contribution < -0.4 is 15.0 Å². The summed E-state index contributed by atoms with van der Waals surface area (Å²) in [6.45, 7) is 4.51. The third-order valence-corrected chi connectivity index (χ3v) is 4.18. The van der Waals surface area contributed by atoms with E-state index in [0.29, 0.717) is 43.9 Å². The fraction of sp³-hybridized carbons (Fsp3) is 0.471. The van der Waals surface area contributed by atoms with Gasteiger partial charge in [0.25, 0.3) is 0 Å². The molecule has 0 radical (unpaired) electrons. The fourth-order valence-electron chi connectivity index (χ4n) is 3.11. The highest BCUT2D eigenvalue weighted by Crippen LogP contribution is 2.43. The average Bonchev–Trinajstić information content (AvgIpc) is 2.64. The molecule has 1 aromatic carbocycles. The van der Waals surface area contributed by atoms with Gasteiger partial charge in [-0.3, -0.25) is 10.1 Å². The first kappa shape index (κ1) is 18.7. The summed E-state index contributed by atoms with van der Waals surface area (Å²) in [6, 6.07) is 1.50. The first-order valence-corrected chi connectivity index (χ1v) is 8.18. The van der Waals surface area contributed by atoms with Gasteiger partial charge in [-0.2, -0.15) is 0 Å². The van der Waals surface area contributed by atoms with Crippen molar-refractivity contribution in [1.29, 1.82) is 5.41 Å². The highest BCUT2D eigenvalue weighted by molar-refractivity contribution is 6.11. The van der Waals surface area contributed by atoms with Crippen LogP contribution in [0, 0.1) is 15.5 Å². The van der Waals surface area contributed by atoms with E-state index < -0.39 is 4.92 Å². The molecule has 1 heterocycles. The van der Waals surface area contributed by atoms with E-state index in [1.54, 1.807) is 13.2 Å². The zero-order valence-corrected chi connectivity index (χ0v) is 14.8. The van der Waals surface area contributed by atoms with E-state index in [1.807, 2.05) is 6.92 Å². The third kappa shape index (κ3) is 3.74. The van der Waals surface area contributed by atoms with Crippen molar-refractivity contribution in [2.75, 3.05) is 45.4 Å². The summed E-state index contributed by atoms with van der Waals surface area (Å²) in [6.07, 6.45) is 3.45.